The number of nitrogens with one attached hydrogen (secondary N) is 1. The summed E-state index contributed by atoms with van der Waals surface area (Å²) in [6, 6.07) is 6.46. The highest BCUT2D eigenvalue weighted by atomic mass is 19.4. The van der Waals surface area contributed by atoms with Gasteiger partial charge in [0.1, 0.15) is 0 Å². The number of benzene rings is 1. The molecular weight excluding hydrogens is 421 g/mol. The highest BCUT2D eigenvalue weighted by Crippen LogP contribution is 2.34. The number of piperidine rings is 1. The minimum atomic E-state index is -4.75. The highest BCUT2D eigenvalue weighted by Gasteiger charge is 2.42. The second kappa shape index (κ2) is 10.2. The fraction of sp³-hybridized carbons (Fsp3) is 0.522. The lowest BCUT2D eigenvalue weighted by atomic mass is 9.95. The second-order valence-electron chi connectivity index (χ2n) is 8.22. The number of halogens is 3. The van der Waals surface area contributed by atoms with Gasteiger partial charge in [-0.1, -0.05) is 37.5 Å². The summed E-state index contributed by atoms with van der Waals surface area (Å²) in [6.07, 6.45) is 0.130. The van der Waals surface area contributed by atoms with E-state index in [1.165, 1.54) is 17.0 Å². The van der Waals surface area contributed by atoms with Crippen LogP contribution in [0, 0.1) is 12.8 Å². The third-order valence-corrected chi connectivity index (χ3v) is 5.78. The van der Waals surface area contributed by atoms with Crippen molar-refractivity contribution in [3.63, 3.8) is 0 Å². The Labute approximate surface area is 185 Å². The summed E-state index contributed by atoms with van der Waals surface area (Å²) < 4.78 is 42.4. The molecule has 1 aromatic carbocycles. The second-order valence-corrected chi connectivity index (χ2v) is 8.22. The maximum atomic E-state index is 13.9. The Morgan fingerprint density at radius 3 is 2.38 bits per heavy atom. The quantitative estimate of drug-likeness (QED) is 0.638. The van der Waals surface area contributed by atoms with Crippen molar-refractivity contribution in [2.45, 2.75) is 52.1 Å². The molecule has 6 nitrogen and oxygen atoms in total. The molecule has 1 aromatic heterocycles. The van der Waals surface area contributed by atoms with Crippen molar-refractivity contribution < 1.29 is 22.8 Å². The van der Waals surface area contributed by atoms with E-state index in [1.54, 1.807) is 12.1 Å². The van der Waals surface area contributed by atoms with Gasteiger partial charge in [-0.3, -0.25) is 9.59 Å². The van der Waals surface area contributed by atoms with Gasteiger partial charge in [0.05, 0.1) is 17.4 Å². The number of hydrogen-bond acceptors (Lipinski definition) is 3. The Morgan fingerprint density at radius 2 is 1.78 bits per heavy atom. The molecule has 0 aliphatic carbocycles. The zero-order valence-electron chi connectivity index (χ0n) is 18.4. The fourth-order valence-electron chi connectivity index (χ4n) is 3.91. The molecule has 32 heavy (non-hydrogen) atoms. The van der Waals surface area contributed by atoms with Gasteiger partial charge in [-0.25, -0.2) is 4.68 Å². The Morgan fingerprint density at radius 1 is 1.12 bits per heavy atom. The molecule has 0 spiro atoms. The van der Waals surface area contributed by atoms with Crippen molar-refractivity contribution >= 4 is 11.8 Å². The zero-order chi connectivity index (χ0) is 23.3. The third-order valence-electron chi connectivity index (χ3n) is 5.78. The van der Waals surface area contributed by atoms with E-state index in [0.717, 1.165) is 35.7 Å². The summed E-state index contributed by atoms with van der Waals surface area (Å²) in [5, 5.41) is 6.79. The van der Waals surface area contributed by atoms with E-state index in [-0.39, 0.29) is 30.6 Å². The van der Waals surface area contributed by atoms with Crippen LogP contribution in [0.15, 0.2) is 30.5 Å². The molecule has 2 aromatic rings. The Hall–Kier alpha value is -2.84. The third kappa shape index (κ3) is 5.49. The molecule has 0 atom stereocenters. The minimum Gasteiger partial charge on any atom is -0.356 e. The number of likely N-dealkylation sites (tertiary alicyclic amines) is 1. The number of aromatic nitrogens is 2. The molecule has 1 N–H and O–H groups in total. The number of aryl methyl sites for hydroxylation is 1. The van der Waals surface area contributed by atoms with Crippen LogP contribution in [0.1, 0.15) is 60.6 Å². The summed E-state index contributed by atoms with van der Waals surface area (Å²) in [5.41, 5.74) is -0.411. The topological polar surface area (TPSA) is 67.2 Å². The predicted molar refractivity (Wildman–Crippen MR) is 114 cm³/mol. The van der Waals surface area contributed by atoms with Crippen LogP contribution in [0.5, 0.6) is 0 Å². The van der Waals surface area contributed by atoms with Crippen molar-refractivity contribution in [2.24, 2.45) is 5.92 Å². The molecule has 0 saturated carbocycles. The first-order valence-corrected chi connectivity index (χ1v) is 11.0. The SMILES string of the molecule is CCCCCNC(=O)C1CCN(C(=O)c2cnn(-c3ccc(C)cc3)c2C(F)(F)F)CC1. The van der Waals surface area contributed by atoms with Crippen molar-refractivity contribution in [3.05, 3.63) is 47.3 Å². The predicted octanol–water partition coefficient (Wildman–Crippen LogP) is 4.36. The Kier molecular flexibility index (Phi) is 7.58. The summed E-state index contributed by atoms with van der Waals surface area (Å²) in [4.78, 5) is 26.6. The molecule has 2 heterocycles. The molecule has 1 aliphatic heterocycles. The van der Waals surface area contributed by atoms with Gasteiger partial charge in [0.25, 0.3) is 5.91 Å². The number of amides is 2. The molecule has 174 valence electrons. The van der Waals surface area contributed by atoms with Crippen LogP contribution in [0.25, 0.3) is 5.69 Å². The van der Waals surface area contributed by atoms with Crippen LogP contribution in [-0.2, 0) is 11.0 Å². The maximum absolute atomic E-state index is 13.9. The number of carbonyl (C=O) groups excluding carboxylic acids is 2. The Bertz CT molecular complexity index is 930. The summed E-state index contributed by atoms with van der Waals surface area (Å²) >= 11 is 0. The van der Waals surface area contributed by atoms with Gasteiger partial charge < -0.3 is 10.2 Å². The van der Waals surface area contributed by atoms with Gasteiger partial charge in [-0.05, 0) is 38.3 Å². The molecule has 9 heteroatoms. The van der Waals surface area contributed by atoms with Gasteiger partial charge in [0.15, 0.2) is 5.69 Å². The van der Waals surface area contributed by atoms with Gasteiger partial charge >= 0.3 is 6.18 Å². The number of nitrogens with zero attached hydrogens (tertiary/aromatic N) is 3. The van der Waals surface area contributed by atoms with Crippen LogP contribution in [0.3, 0.4) is 0 Å². The molecule has 1 fully saturated rings. The van der Waals surface area contributed by atoms with Crippen LogP contribution in [-0.4, -0.2) is 46.1 Å². The average Bonchev–Trinajstić information content (AvgIpc) is 3.22. The zero-order valence-corrected chi connectivity index (χ0v) is 18.4. The molecule has 3 rings (SSSR count). The Balaban J connectivity index is 1.71. The summed E-state index contributed by atoms with van der Waals surface area (Å²) in [6.45, 7) is 5.02. The lowest BCUT2D eigenvalue weighted by molar-refractivity contribution is -0.143. The first-order valence-electron chi connectivity index (χ1n) is 11.0. The number of rotatable bonds is 7. The number of carbonyl (C=O) groups is 2. The van der Waals surface area contributed by atoms with E-state index >= 15 is 0 Å². The largest absolute Gasteiger partial charge is 0.434 e. The van der Waals surface area contributed by atoms with Crippen molar-refractivity contribution in [2.75, 3.05) is 19.6 Å². The molecule has 0 radical (unpaired) electrons. The van der Waals surface area contributed by atoms with Crippen LogP contribution < -0.4 is 5.32 Å². The number of hydrogen-bond donors (Lipinski definition) is 1. The van der Waals surface area contributed by atoms with Gasteiger partial charge in [-0.15, -0.1) is 0 Å². The first kappa shape index (κ1) is 23.8. The minimum absolute atomic E-state index is 0.0450. The van der Waals surface area contributed by atoms with E-state index in [2.05, 4.69) is 17.3 Å². The molecule has 0 unspecified atom stereocenters. The lowest BCUT2D eigenvalue weighted by Gasteiger charge is -2.31. The van der Waals surface area contributed by atoms with E-state index in [0.29, 0.717) is 19.4 Å². The molecular formula is C23H29F3N4O2. The van der Waals surface area contributed by atoms with Crippen molar-refractivity contribution in [3.8, 4) is 5.69 Å². The van der Waals surface area contributed by atoms with Crippen LogP contribution >= 0.6 is 0 Å². The lowest BCUT2D eigenvalue weighted by Crippen LogP contribution is -2.43. The summed E-state index contributed by atoms with van der Waals surface area (Å²) in [7, 11) is 0. The van der Waals surface area contributed by atoms with E-state index in [1.807, 2.05) is 6.92 Å². The van der Waals surface area contributed by atoms with Crippen molar-refractivity contribution in [1.29, 1.82) is 0 Å². The number of alkyl halides is 3. The first-order chi connectivity index (χ1) is 15.2. The molecule has 1 aliphatic rings. The highest BCUT2D eigenvalue weighted by molar-refractivity contribution is 5.95. The monoisotopic (exact) mass is 450 g/mol. The molecule has 0 bridgehead atoms. The van der Waals surface area contributed by atoms with Crippen molar-refractivity contribution in [1.82, 2.24) is 20.0 Å². The van der Waals surface area contributed by atoms with E-state index in [9.17, 15) is 22.8 Å². The summed E-state index contributed by atoms with van der Waals surface area (Å²) in [5.74, 6) is -0.980. The van der Waals surface area contributed by atoms with Gasteiger partial charge in [0.2, 0.25) is 5.91 Å². The standard InChI is InChI=1S/C23H29F3N4O2/c1-3-4-5-12-27-21(31)17-10-13-29(14-11-17)22(32)19-15-28-30(20(19)23(24,25)26)18-8-6-16(2)7-9-18/h6-9,15,17H,3-5,10-14H2,1-2H3,(H,27,31). The normalized spacial score (nSPS) is 15.1. The van der Waals surface area contributed by atoms with Crippen LogP contribution in [0.2, 0.25) is 0 Å². The number of unbranched alkanes of at least 4 members (excludes halogenated alkanes) is 2. The van der Waals surface area contributed by atoms with E-state index < -0.39 is 23.3 Å². The molecule has 1 saturated heterocycles. The molecule has 2 amide bonds. The van der Waals surface area contributed by atoms with E-state index in [4.69, 9.17) is 0 Å². The fourth-order valence-corrected chi connectivity index (χ4v) is 3.91. The smallest absolute Gasteiger partial charge is 0.356 e. The average molecular weight is 451 g/mol. The van der Waals surface area contributed by atoms with Gasteiger partial charge in [-0.2, -0.15) is 18.3 Å². The maximum Gasteiger partial charge on any atom is 0.434 e. The van der Waals surface area contributed by atoms with Gasteiger partial charge in [0, 0.05) is 25.6 Å². The van der Waals surface area contributed by atoms with Crippen LogP contribution in [0.4, 0.5) is 13.2 Å².